The fourth-order valence-corrected chi connectivity index (χ4v) is 2.86. The van der Waals surface area contributed by atoms with Crippen molar-refractivity contribution in [3.8, 4) is 0 Å². The van der Waals surface area contributed by atoms with Gasteiger partial charge in [-0.2, -0.15) is 0 Å². The molecular formula is C16H17ClFN3O2. The standard InChI is InChI=1S/C16H17ClFN3O2/c1-10-8-19-16(20-10)14-9-23-5-4-21(14)15(22)7-11-2-3-13(18)12(17)6-11/h2-3,6,8,14H,4-5,7,9H2,1H3,(H,19,20)/t14-/m0/s1. The third-order valence-corrected chi connectivity index (χ3v) is 4.12. The maximum atomic E-state index is 13.2. The fourth-order valence-electron chi connectivity index (χ4n) is 2.66. The first-order valence-corrected chi connectivity index (χ1v) is 7.75. The smallest absolute Gasteiger partial charge is 0.227 e. The molecule has 7 heteroatoms. The molecule has 1 aromatic carbocycles. The number of H-pyrrole nitrogens is 1. The molecule has 0 bridgehead atoms. The van der Waals surface area contributed by atoms with E-state index in [0.717, 1.165) is 5.69 Å². The Morgan fingerprint density at radius 1 is 1.57 bits per heavy atom. The van der Waals surface area contributed by atoms with Crippen molar-refractivity contribution in [2.75, 3.05) is 19.8 Å². The lowest BCUT2D eigenvalue weighted by molar-refractivity contribution is -0.139. The summed E-state index contributed by atoms with van der Waals surface area (Å²) in [6, 6.07) is 4.10. The first kappa shape index (κ1) is 16.0. The summed E-state index contributed by atoms with van der Waals surface area (Å²) >= 11 is 5.78. The van der Waals surface area contributed by atoms with Crippen molar-refractivity contribution < 1.29 is 13.9 Å². The lowest BCUT2D eigenvalue weighted by Gasteiger charge is -2.34. The van der Waals surface area contributed by atoms with Crippen LogP contribution in [0.1, 0.15) is 23.1 Å². The molecule has 0 radical (unpaired) electrons. The van der Waals surface area contributed by atoms with Crippen LogP contribution in [0, 0.1) is 12.7 Å². The molecule has 0 unspecified atom stereocenters. The number of halogens is 2. The Morgan fingerprint density at radius 3 is 3.09 bits per heavy atom. The quantitative estimate of drug-likeness (QED) is 0.936. The van der Waals surface area contributed by atoms with Gasteiger partial charge < -0.3 is 14.6 Å². The number of carbonyl (C=O) groups is 1. The van der Waals surface area contributed by atoms with Gasteiger partial charge in [0, 0.05) is 18.4 Å². The summed E-state index contributed by atoms with van der Waals surface area (Å²) in [5, 5.41) is 0.0236. The summed E-state index contributed by atoms with van der Waals surface area (Å²) in [7, 11) is 0. The Bertz CT molecular complexity index is 719. The van der Waals surface area contributed by atoms with E-state index >= 15 is 0 Å². The summed E-state index contributed by atoms with van der Waals surface area (Å²) in [6.07, 6.45) is 1.89. The van der Waals surface area contributed by atoms with E-state index in [2.05, 4.69) is 9.97 Å². The number of hydrogen-bond donors (Lipinski definition) is 1. The fraction of sp³-hybridized carbons (Fsp3) is 0.375. The first-order valence-electron chi connectivity index (χ1n) is 7.37. The minimum Gasteiger partial charge on any atom is -0.377 e. The zero-order valence-corrected chi connectivity index (χ0v) is 13.4. The number of nitrogens with one attached hydrogen (secondary N) is 1. The summed E-state index contributed by atoms with van der Waals surface area (Å²) < 4.78 is 18.7. The average Bonchev–Trinajstić information content (AvgIpc) is 2.97. The minimum atomic E-state index is -0.488. The summed E-state index contributed by atoms with van der Waals surface area (Å²) in [5.41, 5.74) is 1.62. The highest BCUT2D eigenvalue weighted by atomic mass is 35.5. The third kappa shape index (κ3) is 3.54. The monoisotopic (exact) mass is 337 g/mol. The molecule has 23 heavy (non-hydrogen) atoms. The summed E-state index contributed by atoms with van der Waals surface area (Å²) in [6.45, 7) is 3.31. The van der Waals surface area contributed by atoms with Crippen LogP contribution in [0.2, 0.25) is 5.02 Å². The maximum absolute atomic E-state index is 13.2. The number of imidazole rings is 1. The van der Waals surface area contributed by atoms with Crippen molar-refractivity contribution >= 4 is 17.5 Å². The number of aryl methyl sites for hydroxylation is 1. The molecule has 122 valence electrons. The van der Waals surface area contributed by atoms with E-state index in [9.17, 15) is 9.18 Å². The Balaban J connectivity index is 1.77. The van der Waals surface area contributed by atoms with Crippen molar-refractivity contribution in [1.82, 2.24) is 14.9 Å². The van der Waals surface area contributed by atoms with Gasteiger partial charge in [0.1, 0.15) is 17.7 Å². The molecule has 1 aromatic heterocycles. The van der Waals surface area contributed by atoms with Gasteiger partial charge in [0.15, 0.2) is 0 Å². The lowest BCUT2D eigenvalue weighted by atomic mass is 10.1. The molecule has 1 amide bonds. The second-order valence-corrected chi connectivity index (χ2v) is 5.96. The number of aromatic nitrogens is 2. The van der Waals surface area contributed by atoms with Gasteiger partial charge in [-0.25, -0.2) is 9.37 Å². The molecule has 0 aliphatic carbocycles. The summed E-state index contributed by atoms with van der Waals surface area (Å²) in [5.74, 6) is 0.167. The second-order valence-electron chi connectivity index (χ2n) is 5.55. The highest BCUT2D eigenvalue weighted by Crippen LogP contribution is 2.24. The van der Waals surface area contributed by atoms with Gasteiger partial charge in [0.25, 0.3) is 0 Å². The van der Waals surface area contributed by atoms with Crippen LogP contribution < -0.4 is 0 Å². The van der Waals surface area contributed by atoms with E-state index < -0.39 is 5.82 Å². The Kier molecular flexibility index (Phi) is 4.63. The van der Waals surface area contributed by atoms with E-state index in [1.54, 1.807) is 17.2 Å². The van der Waals surface area contributed by atoms with Gasteiger partial charge in [-0.1, -0.05) is 17.7 Å². The molecule has 1 aliphatic heterocycles. The van der Waals surface area contributed by atoms with Gasteiger partial charge in [0.2, 0.25) is 5.91 Å². The molecule has 1 N–H and O–H groups in total. The predicted octanol–water partition coefficient (Wildman–Crippen LogP) is 2.65. The SMILES string of the molecule is Cc1cnc([C@@H]2COCCN2C(=O)Cc2ccc(F)c(Cl)c2)[nH]1. The van der Waals surface area contributed by atoms with E-state index in [4.69, 9.17) is 16.3 Å². The van der Waals surface area contributed by atoms with Crippen LogP contribution in [0.5, 0.6) is 0 Å². The number of morpholine rings is 1. The van der Waals surface area contributed by atoms with E-state index in [1.807, 2.05) is 6.92 Å². The van der Waals surface area contributed by atoms with Crippen LogP contribution in [0.15, 0.2) is 24.4 Å². The van der Waals surface area contributed by atoms with Crippen LogP contribution >= 0.6 is 11.6 Å². The van der Waals surface area contributed by atoms with Gasteiger partial charge in [0.05, 0.1) is 24.7 Å². The average molecular weight is 338 g/mol. The zero-order valence-electron chi connectivity index (χ0n) is 12.7. The van der Waals surface area contributed by atoms with Crippen LogP contribution in [0.25, 0.3) is 0 Å². The van der Waals surface area contributed by atoms with Gasteiger partial charge >= 0.3 is 0 Å². The zero-order chi connectivity index (χ0) is 16.4. The second kappa shape index (κ2) is 6.68. The largest absolute Gasteiger partial charge is 0.377 e. The Morgan fingerprint density at radius 2 is 2.39 bits per heavy atom. The Labute approximate surface area is 138 Å². The highest BCUT2D eigenvalue weighted by Gasteiger charge is 2.30. The number of ether oxygens (including phenoxy) is 1. The minimum absolute atomic E-state index is 0.0236. The molecule has 0 spiro atoms. The number of carbonyl (C=O) groups excluding carboxylic acids is 1. The third-order valence-electron chi connectivity index (χ3n) is 3.83. The van der Waals surface area contributed by atoms with Crippen LogP contribution in [0.3, 0.4) is 0 Å². The Hall–Kier alpha value is -1.92. The molecular weight excluding hydrogens is 321 g/mol. The molecule has 1 aliphatic rings. The normalized spacial score (nSPS) is 18.2. The van der Waals surface area contributed by atoms with Crippen LogP contribution in [0.4, 0.5) is 4.39 Å². The maximum Gasteiger partial charge on any atom is 0.227 e. The number of nitrogens with zero attached hydrogens (tertiary/aromatic N) is 2. The van der Waals surface area contributed by atoms with Crippen LogP contribution in [-0.2, 0) is 16.0 Å². The number of hydrogen-bond acceptors (Lipinski definition) is 3. The lowest BCUT2D eigenvalue weighted by Crippen LogP contribution is -2.44. The predicted molar refractivity (Wildman–Crippen MR) is 83.7 cm³/mol. The summed E-state index contributed by atoms with van der Waals surface area (Å²) in [4.78, 5) is 21.9. The van der Waals surface area contributed by atoms with Gasteiger partial charge in [-0.3, -0.25) is 4.79 Å². The number of rotatable bonds is 3. The van der Waals surface area contributed by atoms with Crippen molar-refractivity contribution in [3.63, 3.8) is 0 Å². The number of benzene rings is 1. The molecule has 3 rings (SSSR count). The van der Waals surface area contributed by atoms with E-state index in [-0.39, 0.29) is 23.4 Å². The topological polar surface area (TPSA) is 58.2 Å². The molecule has 1 saturated heterocycles. The van der Waals surface area contributed by atoms with E-state index in [0.29, 0.717) is 31.1 Å². The van der Waals surface area contributed by atoms with E-state index in [1.165, 1.54) is 12.1 Å². The molecule has 2 aromatic rings. The van der Waals surface area contributed by atoms with Crippen molar-refractivity contribution in [2.45, 2.75) is 19.4 Å². The molecule has 1 atom stereocenters. The number of amides is 1. The molecule has 2 heterocycles. The van der Waals surface area contributed by atoms with Crippen LogP contribution in [-0.4, -0.2) is 40.5 Å². The van der Waals surface area contributed by atoms with Gasteiger partial charge in [-0.05, 0) is 24.6 Å². The molecule has 0 saturated carbocycles. The molecule has 5 nitrogen and oxygen atoms in total. The highest BCUT2D eigenvalue weighted by molar-refractivity contribution is 6.30. The number of aromatic amines is 1. The van der Waals surface area contributed by atoms with Crippen molar-refractivity contribution in [2.24, 2.45) is 0 Å². The first-order chi connectivity index (χ1) is 11.0. The van der Waals surface area contributed by atoms with Gasteiger partial charge in [-0.15, -0.1) is 0 Å². The van der Waals surface area contributed by atoms with Crippen molar-refractivity contribution in [1.29, 1.82) is 0 Å². The molecule has 1 fully saturated rings. The van der Waals surface area contributed by atoms with Crippen molar-refractivity contribution in [3.05, 3.63) is 52.3 Å².